The molecule has 0 saturated carbocycles. The molecule has 1 unspecified atom stereocenters. The largest absolute Gasteiger partial charge is 0.330 e. The molecule has 0 amide bonds. The van der Waals surface area contributed by atoms with Crippen LogP contribution in [0.3, 0.4) is 0 Å². The van der Waals surface area contributed by atoms with Gasteiger partial charge in [0.2, 0.25) is 0 Å². The van der Waals surface area contributed by atoms with Crippen molar-refractivity contribution in [2.45, 2.75) is 39.7 Å². The average Bonchev–Trinajstić information content (AvgIpc) is 2.73. The first kappa shape index (κ1) is 14.5. The SMILES string of the molecule is CCCn1c(CCC(C)CN)nc2cc(Br)ccc21. The number of rotatable bonds is 6. The van der Waals surface area contributed by atoms with E-state index in [0.717, 1.165) is 42.3 Å². The van der Waals surface area contributed by atoms with E-state index in [4.69, 9.17) is 10.7 Å². The molecule has 1 atom stereocenters. The normalized spacial score (nSPS) is 13.1. The smallest absolute Gasteiger partial charge is 0.109 e. The third-order valence-corrected chi connectivity index (χ3v) is 3.99. The van der Waals surface area contributed by atoms with Gasteiger partial charge in [0.15, 0.2) is 0 Å². The highest BCUT2D eigenvalue weighted by Gasteiger charge is 2.11. The molecule has 0 saturated heterocycles. The third-order valence-electron chi connectivity index (χ3n) is 3.50. The van der Waals surface area contributed by atoms with E-state index >= 15 is 0 Å². The molecule has 1 heterocycles. The predicted octanol–water partition coefficient (Wildman–Crippen LogP) is 3.74. The van der Waals surface area contributed by atoms with Crippen molar-refractivity contribution >= 4 is 27.0 Å². The van der Waals surface area contributed by atoms with Crippen molar-refractivity contribution < 1.29 is 0 Å². The molecular weight excluding hydrogens is 302 g/mol. The Labute approximate surface area is 123 Å². The highest BCUT2D eigenvalue weighted by Crippen LogP contribution is 2.22. The van der Waals surface area contributed by atoms with E-state index in [1.54, 1.807) is 0 Å². The maximum absolute atomic E-state index is 5.69. The summed E-state index contributed by atoms with van der Waals surface area (Å²) in [6.45, 7) is 6.18. The van der Waals surface area contributed by atoms with Crippen LogP contribution < -0.4 is 5.73 Å². The molecule has 2 N–H and O–H groups in total. The summed E-state index contributed by atoms with van der Waals surface area (Å²) < 4.78 is 3.44. The number of nitrogens with zero attached hydrogens (tertiary/aromatic N) is 2. The number of imidazole rings is 1. The van der Waals surface area contributed by atoms with Gasteiger partial charge in [-0.2, -0.15) is 0 Å². The second-order valence-corrected chi connectivity index (χ2v) is 6.11. The summed E-state index contributed by atoms with van der Waals surface area (Å²) in [4.78, 5) is 4.79. The molecule has 0 radical (unpaired) electrons. The van der Waals surface area contributed by atoms with Crippen molar-refractivity contribution in [1.82, 2.24) is 9.55 Å². The maximum atomic E-state index is 5.69. The van der Waals surface area contributed by atoms with Gasteiger partial charge in [-0.15, -0.1) is 0 Å². The Morgan fingerprint density at radius 3 is 2.89 bits per heavy atom. The second-order valence-electron chi connectivity index (χ2n) is 5.19. The fourth-order valence-corrected chi connectivity index (χ4v) is 2.66. The highest BCUT2D eigenvalue weighted by atomic mass is 79.9. The molecule has 104 valence electrons. The monoisotopic (exact) mass is 323 g/mol. The predicted molar refractivity (Wildman–Crippen MR) is 84.3 cm³/mol. The van der Waals surface area contributed by atoms with E-state index in [-0.39, 0.29) is 0 Å². The van der Waals surface area contributed by atoms with Crippen LogP contribution in [0.25, 0.3) is 11.0 Å². The first-order valence-electron chi connectivity index (χ1n) is 7.00. The Morgan fingerprint density at radius 2 is 2.21 bits per heavy atom. The number of nitrogens with two attached hydrogens (primary N) is 1. The van der Waals surface area contributed by atoms with Gasteiger partial charge in [-0.05, 0) is 43.5 Å². The molecule has 0 aliphatic rings. The van der Waals surface area contributed by atoms with Crippen LogP contribution in [-0.2, 0) is 13.0 Å². The van der Waals surface area contributed by atoms with Crippen LogP contribution in [0.5, 0.6) is 0 Å². The summed E-state index contributed by atoms with van der Waals surface area (Å²) >= 11 is 3.51. The minimum atomic E-state index is 0.557. The number of benzene rings is 1. The molecule has 0 spiro atoms. The van der Waals surface area contributed by atoms with Crippen molar-refractivity contribution in [3.05, 3.63) is 28.5 Å². The Morgan fingerprint density at radius 1 is 1.42 bits per heavy atom. The zero-order chi connectivity index (χ0) is 13.8. The lowest BCUT2D eigenvalue weighted by atomic mass is 10.1. The quantitative estimate of drug-likeness (QED) is 0.880. The van der Waals surface area contributed by atoms with Crippen LogP contribution in [0.4, 0.5) is 0 Å². The summed E-state index contributed by atoms with van der Waals surface area (Å²) in [5.74, 6) is 1.75. The van der Waals surface area contributed by atoms with Crippen LogP contribution in [0, 0.1) is 5.92 Å². The topological polar surface area (TPSA) is 43.8 Å². The standard InChI is InChI=1S/C15H22BrN3/c1-3-8-19-14-6-5-12(16)9-13(14)18-15(19)7-4-11(2)10-17/h5-6,9,11H,3-4,7-8,10,17H2,1-2H3. The van der Waals surface area contributed by atoms with Crippen LogP contribution in [0.1, 0.15) is 32.5 Å². The second kappa shape index (κ2) is 6.53. The Hall–Kier alpha value is -0.870. The summed E-state index contributed by atoms with van der Waals surface area (Å²) in [7, 11) is 0. The molecule has 0 aliphatic heterocycles. The van der Waals surface area contributed by atoms with Gasteiger partial charge in [-0.3, -0.25) is 0 Å². The van der Waals surface area contributed by atoms with Crippen molar-refractivity contribution in [1.29, 1.82) is 0 Å². The van der Waals surface area contributed by atoms with Crippen LogP contribution in [0.2, 0.25) is 0 Å². The van der Waals surface area contributed by atoms with Crippen molar-refractivity contribution in [2.75, 3.05) is 6.54 Å². The van der Waals surface area contributed by atoms with Crippen molar-refractivity contribution in [2.24, 2.45) is 11.7 Å². The molecular formula is C15H22BrN3. The van der Waals surface area contributed by atoms with Gasteiger partial charge < -0.3 is 10.3 Å². The molecule has 0 aliphatic carbocycles. The average molecular weight is 324 g/mol. The third kappa shape index (κ3) is 3.37. The van der Waals surface area contributed by atoms with Gasteiger partial charge >= 0.3 is 0 Å². The van der Waals surface area contributed by atoms with Gasteiger partial charge in [0.05, 0.1) is 11.0 Å². The molecule has 0 bridgehead atoms. The number of fused-ring (bicyclic) bond motifs is 1. The fraction of sp³-hybridized carbons (Fsp3) is 0.533. The number of hydrogen-bond acceptors (Lipinski definition) is 2. The number of hydrogen-bond donors (Lipinski definition) is 1. The van der Waals surface area contributed by atoms with E-state index in [0.29, 0.717) is 5.92 Å². The molecule has 2 aromatic rings. The lowest BCUT2D eigenvalue weighted by molar-refractivity contribution is 0.523. The van der Waals surface area contributed by atoms with Gasteiger partial charge in [0, 0.05) is 17.4 Å². The van der Waals surface area contributed by atoms with Gasteiger partial charge in [-0.1, -0.05) is 29.8 Å². The van der Waals surface area contributed by atoms with E-state index in [9.17, 15) is 0 Å². The molecule has 19 heavy (non-hydrogen) atoms. The van der Waals surface area contributed by atoms with Crippen LogP contribution in [0.15, 0.2) is 22.7 Å². The molecule has 4 heteroatoms. The lowest BCUT2D eigenvalue weighted by Crippen LogP contribution is -2.13. The Balaban J connectivity index is 2.32. The molecule has 1 aromatic carbocycles. The number of halogens is 1. The summed E-state index contributed by atoms with van der Waals surface area (Å²) in [5.41, 5.74) is 8.01. The summed E-state index contributed by atoms with van der Waals surface area (Å²) in [6.07, 6.45) is 3.23. The first-order valence-corrected chi connectivity index (χ1v) is 7.79. The van der Waals surface area contributed by atoms with E-state index in [1.165, 1.54) is 11.3 Å². The van der Waals surface area contributed by atoms with E-state index in [1.807, 2.05) is 0 Å². The van der Waals surface area contributed by atoms with E-state index < -0.39 is 0 Å². The fourth-order valence-electron chi connectivity index (χ4n) is 2.31. The van der Waals surface area contributed by atoms with Gasteiger partial charge in [-0.25, -0.2) is 4.98 Å². The zero-order valence-electron chi connectivity index (χ0n) is 11.7. The van der Waals surface area contributed by atoms with Crippen LogP contribution >= 0.6 is 15.9 Å². The van der Waals surface area contributed by atoms with Crippen molar-refractivity contribution in [3.63, 3.8) is 0 Å². The molecule has 2 rings (SSSR count). The Bertz CT molecular complexity index is 548. The first-order chi connectivity index (χ1) is 9.15. The summed E-state index contributed by atoms with van der Waals surface area (Å²) in [5, 5.41) is 0. The summed E-state index contributed by atoms with van der Waals surface area (Å²) in [6, 6.07) is 6.33. The molecule has 3 nitrogen and oxygen atoms in total. The van der Waals surface area contributed by atoms with Crippen molar-refractivity contribution in [3.8, 4) is 0 Å². The Kier molecular flexibility index (Phi) is 4.99. The van der Waals surface area contributed by atoms with E-state index in [2.05, 4.69) is 52.5 Å². The minimum absolute atomic E-state index is 0.557. The minimum Gasteiger partial charge on any atom is -0.330 e. The number of aryl methyl sites for hydroxylation is 2. The lowest BCUT2D eigenvalue weighted by Gasteiger charge is -2.10. The molecule has 1 aromatic heterocycles. The van der Waals surface area contributed by atoms with Gasteiger partial charge in [0.1, 0.15) is 5.82 Å². The molecule has 0 fully saturated rings. The number of aromatic nitrogens is 2. The maximum Gasteiger partial charge on any atom is 0.109 e. The highest BCUT2D eigenvalue weighted by molar-refractivity contribution is 9.10. The van der Waals surface area contributed by atoms with Gasteiger partial charge in [0.25, 0.3) is 0 Å². The van der Waals surface area contributed by atoms with Crippen LogP contribution in [-0.4, -0.2) is 16.1 Å². The zero-order valence-corrected chi connectivity index (χ0v) is 13.3.